The average Bonchev–Trinajstić information content (AvgIpc) is 3.38. The van der Waals surface area contributed by atoms with E-state index < -0.39 is 17.5 Å². The number of halogens is 4. The molecular formula is C19H19F3IN3O. The molecule has 0 spiro atoms. The molecule has 1 unspecified atom stereocenters. The normalized spacial score (nSPS) is 23.7. The molecule has 2 aromatic carbocycles. The molecule has 1 aliphatic heterocycles. The van der Waals surface area contributed by atoms with Crippen molar-refractivity contribution < 1.29 is 17.9 Å². The van der Waals surface area contributed by atoms with Gasteiger partial charge in [-0.05, 0) is 30.2 Å². The van der Waals surface area contributed by atoms with Crippen LogP contribution in [0.15, 0.2) is 41.4 Å². The van der Waals surface area contributed by atoms with Gasteiger partial charge in [0.1, 0.15) is 5.75 Å². The summed E-state index contributed by atoms with van der Waals surface area (Å²) in [6, 6.07) is 9.59. The van der Waals surface area contributed by atoms with E-state index in [-0.39, 0.29) is 47.9 Å². The second-order valence-electron chi connectivity index (χ2n) is 6.60. The van der Waals surface area contributed by atoms with Gasteiger partial charge in [0.2, 0.25) is 0 Å². The minimum absolute atomic E-state index is 0. The Hall–Kier alpha value is -1.97. The van der Waals surface area contributed by atoms with E-state index in [4.69, 9.17) is 10.5 Å². The standard InChI is InChI=1S/C19H18F3N3O.HI/c20-13-7-10(8-14(21)18(13)22)12-9-16(12)25-19(23)24-15-5-6-26-17-4-2-1-3-11(15)17;/h1-4,7-8,12,15-16H,5-6,9H2,(H3,23,24,25);1H/t12-,15?,16+;/m0./s1. The quantitative estimate of drug-likeness (QED) is 0.297. The summed E-state index contributed by atoms with van der Waals surface area (Å²) in [5.41, 5.74) is 7.42. The predicted molar refractivity (Wildman–Crippen MR) is 107 cm³/mol. The molecule has 1 aliphatic carbocycles. The van der Waals surface area contributed by atoms with Gasteiger partial charge in [-0.25, -0.2) is 18.2 Å². The summed E-state index contributed by atoms with van der Waals surface area (Å²) in [7, 11) is 0. The van der Waals surface area contributed by atoms with Gasteiger partial charge in [0.15, 0.2) is 23.4 Å². The van der Waals surface area contributed by atoms with Crippen LogP contribution in [0.3, 0.4) is 0 Å². The van der Waals surface area contributed by atoms with Crippen LogP contribution in [0.25, 0.3) is 0 Å². The van der Waals surface area contributed by atoms with Crippen LogP contribution < -0.4 is 15.8 Å². The molecule has 0 bridgehead atoms. The highest BCUT2D eigenvalue weighted by Gasteiger charge is 2.40. The fourth-order valence-corrected chi connectivity index (χ4v) is 3.36. The predicted octanol–water partition coefficient (Wildman–Crippen LogP) is 4.01. The number of nitrogens with two attached hydrogens (primary N) is 1. The topological polar surface area (TPSA) is 59.6 Å². The van der Waals surface area contributed by atoms with Crippen molar-refractivity contribution in [1.82, 2.24) is 5.32 Å². The fourth-order valence-electron chi connectivity index (χ4n) is 3.36. The number of hydrogen-bond donors (Lipinski definition) is 2. The van der Waals surface area contributed by atoms with Crippen LogP contribution in [0.5, 0.6) is 5.75 Å². The highest BCUT2D eigenvalue weighted by Crippen LogP contribution is 2.41. The number of nitrogens with zero attached hydrogens (tertiary/aromatic N) is 1. The second-order valence-corrected chi connectivity index (χ2v) is 6.60. The van der Waals surface area contributed by atoms with Crippen molar-refractivity contribution >= 4 is 29.9 Å². The molecule has 3 N–H and O–H groups in total. The lowest BCUT2D eigenvalue weighted by Gasteiger charge is -2.23. The average molecular weight is 489 g/mol. The fraction of sp³-hybridized carbons (Fsp3) is 0.316. The van der Waals surface area contributed by atoms with Crippen molar-refractivity contribution in [3.8, 4) is 5.75 Å². The van der Waals surface area contributed by atoms with E-state index >= 15 is 0 Å². The molecule has 27 heavy (non-hydrogen) atoms. The van der Waals surface area contributed by atoms with Gasteiger partial charge in [0.25, 0.3) is 0 Å². The van der Waals surface area contributed by atoms with Gasteiger partial charge in [-0.1, -0.05) is 18.2 Å². The molecule has 4 rings (SSSR count). The minimum Gasteiger partial charge on any atom is -0.493 e. The van der Waals surface area contributed by atoms with E-state index in [1.807, 2.05) is 24.3 Å². The van der Waals surface area contributed by atoms with Crippen LogP contribution in [0.1, 0.15) is 35.9 Å². The molecule has 0 radical (unpaired) electrons. The van der Waals surface area contributed by atoms with Gasteiger partial charge in [-0.3, -0.25) is 0 Å². The molecule has 144 valence electrons. The van der Waals surface area contributed by atoms with Crippen molar-refractivity contribution in [2.24, 2.45) is 10.7 Å². The Labute approximate surface area is 172 Å². The van der Waals surface area contributed by atoms with Gasteiger partial charge >= 0.3 is 0 Å². The molecule has 0 aromatic heterocycles. The number of guanidine groups is 1. The van der Waals surface area contributed by atoms with E-state index in [1.54, 1.807) is 0 Å². The zero-order chi connectivity index (χ0) is 18.3. The third-order valence-corrected chi connectivity index (χ3v) is 4.78. The molecule has 1 saturated carbocycles. The SMILES string of the molecule is I.NC(=NC1CCOc2ccccc21)N[C@@H]1C[C@H]1c1cc(F)c(F)c(F)c1. The number of para-hydroxylation sites is 1. The van der Waals surface area contributed by atoms with Gasteiger partial charge in [-0.2, -0.15) is 0 Å². The van der Waals surface area contributed by atoms with Crippen molar-refractivity contribution in [3.05, 3.63) is 65.0 Å². The number of nitrogens with one attached hydrogen (secondary N) is 1. The zero-order valence-corrected chi connectivity index (χ0v) is 16.6. The Morgan fingerprint density at radius 1 is 1.15 bits per heavy atom. The summed E-state index contributed by atoms with van der Waals surface area (Å²) in [6.07, 6.45) is 1.38. The maximum Gasteiger partial charge on any atom is 0.194 e. The monoisotopic (exact) mass is 489 g/mol. The summed E-state index contributed by atoms with van der Waals surface area (Å²) < 4.78 is 45.4. The van der Waals surface area contributed by atoms with Crippen molar-refractivity contribution in [2.45, 2.75) is 30.8 Å². The third kappa shape index (κ3) is 4.15. The van der Waals surface area contributed by atoms with Gasteiger partial charge < -0.3 is 15.8 Å². The Morgan fingerprint density at radius 2 is 1.85 bits per heavy atom. The first-order chi connectivity index (χ1) is 12.5. The van der Waals surface area contributed by atoms with Crippen molar-refractivity contribution in [3.63, 3.8) is 0 Å². The van der Waals surface area contributed by atoms with E-state index in [0.717, 1.165) is 29.9 Å². The highest BCUT2D eigenvalue weighted by molar-refractivity contribution is 14.0. The van der Waals surface area contributed by atoms with E-state index in [2.05, 4.69) is 10.3 Å². The molecule has 4 nitrogen and oxygen atoms in total. The number of fused-ring (bicyclic) bond motifs is 1. The summed E-state index contributed by atoms with van der Waals surface area (Å²) in [6.45, 7) is 0.568. The minimum atomic E-state index is -1.45. The molecule has 1 heterocycles. The highest BCUT2D eigenvalue weighted by atomic mass is 127. The van der Waals surface area contributed by atoms with Gasteiger partial charge in [0.05, 0.1) is 12.6 Å². The molecular weight excluding hydrogens is 470 g/mol. The molecule has 3 atom stereocenters. The molecule has 0 amide bonds. The molecule has 2 aliphatic rings. The van der Waals surface area contributed by atoms with Gasteiger partial charge in [-0.15, -0.1) is 24.0 Å². The van der Waals surface area contributed by atoms with Crippen LogP contribution in [0.4, 0.5) is 13.2 Å². The first-order valence-electron chi connectivity index (χ1n) is 8.49. The van der Waals surface area contributed by atoms with Crippen LogP contribution in [-0.2, 0) is 0 Å². The summed E-state index contributed by atoms with van der Waals surface area (Å²) >= 11 is 0. The lowest BCUT2D eigenvalue weighted by atomic mass is 10.0. The molecule has 1 fully saturated rings. The van der Waals surface area contributed by atoms with Crippen LogP contribution in [0, 0.1) is 17.5 Å². The van der Waals surface area contributed by atoms with Crippen LogP contribution in [0.2, 0.25) is 0 Å². The number of aliphatic imine (C=N–C) groups is 1. The van der Waals surface area contributed by atoms with Crippen molar-refractivity contribution in [2.75, 3.05) is 6.61 Å². The summed E-state index contributed by atoms with van der Waals surface area (Å²) in [5, 5.41) is 3.08. The maximum atomic E-state index is 13.4. The van der Waals surface area contributed by atoms with E-state index in [1.165, 1.54) is 0 Å². The largest absolute Gasteiger partial charge is 0.493 e. The smallest absolute Gasteiger partial charge is 0.194 e. The number of benzene rings is 2. The lowest BCUT2D eigenvalue weighted by molar-refractivity contribution is 0.269. The Kier molecular flexibility index (Phi) is 5.83. The van der Waals surface area contributed by atoms with Crippen LogP contribution >= 0.6 is 24.0 Å². The first kappa shape index (κ1) is 19.8. The Morgan fingerprint density at radius 3 is 2.59 bits per heavy atom. The Balaban J connectivity index is 0.00000210. The number of ether oxygens (including phenoxy) is 1. The first-order valence-corrected chi connectivity index (χ1v) is 8.49. The third-order valence-electron chi connectivity index (χ3n) is 4.78. The summed E-state index contributed by atoms with van der Waals surface area (Å²) in [5.74, 6) is -2.82. The second kappa shape index (κ2) is 7.95. The zero-order valence-electron chi connectivity index (χ0n) is 14.3. The summed E-state index contributed by atoms with van der Waals surface area (Å²) in [4.78, 5) is 4.53. The van der Waals surface area contributed by atoms with Crippen molar-refractivity contribution in [1.29, 1.82) is 0 Å². The number of rotatable bonds is 3. The maximum absolute atomic E-state index is 13.4. The Bertz CT molecular complexity index is 854. The molecule has 0 saturated heterocycles. The molecule has 2 aromatic rings. The molecule has 8 heteroatoms. The van der Waals surface area contributed by atoms with Gasteiger partial charge in [0, 0.05) is 23.9 Å². The lowest BCUT2D eigenvalue weighted by Crippen LogP contribution is -2.35. The van der Waals surface area contributed by atoms with E-state index in [0.29, 0.717) is 18.6 Å². The number of hydrogen-bond acceptors (Lipinski definition) is 2. The van der Waals surface area contributed by atoms with Crippen LogP contribution in [-0.4, -0.2) is 18.6 Å². The van der Waals surface area contributed by atoms with E-state index in [9.17, 15) is 13.2 Å².